The molecule has 7 nitrogen and oxygen atoms in total. The molecule has 0 spiro atoms. The quantitative estimate of drug-likeness (QED) is 0.356. The van der Waals surface area contributed by atoms with Crippen LogP contribution in [0.15, 0.2) is 4.99 Å². The topological polar surface area (TPSA) is 75.2 Å². The van der Waals surface area contributed by atoms with E-state index in [-0.39, 0.29) is 6.09 Å². The Kier molecular flexibility index (Phi) is 9.35. The first-order valence-corrected chi connectivity index (χ1v) is 10.9. The van der Waals surface area contributed by atoms with Crippen molar-refractivity contribution in [1.29, 1.82) is 0 Å². The molecule has 0 aromatic rings. The van der Waals surface area contributed by atoms with Gasteiger partial charge in [-0.05, 0) is 58.8 Å². The molecule has 2 N–H and O–H groups in total. The zero-order valence-electron chi connectivity index (χ0n) is 18.3. The molecule has 7 heteroatoms. The Morgan fingerprint density at radius 1 is 1.07 bits per heavy atom. The summed E-state index contributed by atoms with van der Waals surface area (Å²) < 4.78 is 11.2. The molecule has 1 aliphatic heterocycles. The predicted molar refractivity (Wildman–Crippen MR) is 113 cm³/mol. The number of carbonyl (C=O) groups is 1. The van der Waals surface area contributed by atoms with Gasteiger partial charge in [-0.15, -0.1) is 0 Å². The summed E-state index contributed by atoms with van der Waals surface area (Å²) in [7, 11) is 1.86. The number of rotatable bonds is 9. The van der Waals surface area contributed by atoms with Crippen LogP contribution in [-0.4, -0.2) is 68.5 Å². The molecule has 2 rings (SSSR count). The van der Waals surface area contributed by atoms with E-state index in [1.807, 2.05) is 27.8 Å². The second kappa shape index (κ2) is 11.5. The van der Waals surface area contributed by atoms with Crippen LogP contribution in [0.3, 0.4) is 0 Å². The smallest absolute Gasteiger partial charge is 0.407 e. The van der Waals surface area contributed by atoms with Crippen LogP contribution in [0.5, 0.6) is 0 Å². The van der Waals surface area contributed by atoms with Gasteiger partial charge in [0.2, 0.25) is 0 Å². The molecule has 2 aliphatic rings. The van der Waals surface area contributed by atoms with Gasteiger partial charge in [-0.25, -0.2) is 4.79 Å². The molecule has 1 aliphatic carbocycles. The van der Waals surface area contributed by atoms with Crippen LogP contribution in [0.2, 0.25) is 0 Å². The van der Waals surface area contributed by atoms with Crippen molar-refractivity contribution < 1.29 is 14.3 Å². The molecule has 0 atom stereocenters. The summed E-state index contributed by atoms with van der Waals surface area (Å²) in [5.41, 5.74) is -0.457. The molecule has 1 heterocycles. The molecule has 0 bridgehead atoms. The second-order valence-corrected chi connectivity index (χ2v) is 8.90. The van der Waals surface area contributed by atoms with Gasteiger partial charge in [0.15, 0.2) is 5.96 Å². The van der Waals surface area contributed by atoms with Crippen LogP contribution in [0.4, 0.5) is 4.79 Å². The molecule has 2 fully saturated rings. The molecule has 28 heavy (non-hydrogen) atoms. The third kappa shape index (κ3) is 9.62. The van der Waals surface area contributed by atoms with Crippen molar-refractivity contribution in [1.82, 2.24) is 15.5 Å². The summed E-state index contributed by atoms with van der Waals surface area (Å²) in [4.78, 5) is 18.4. The average Bonchev–Trinajstić information content (AvgIpc) is 3.45. The molecule has 0 aromatic carbocycles. The van der Waals surface area contributed by atoms with E-state index < -0.39 is 5.60 Å². The number of nitrogens with zero attached hydrogens (tertiary/aromatic N) is 2. The van der Waals surface area contributed by atoms with E-state index in [9.17, 15) is 4.79 Å². The van der Waals surface area contributed by atoms with Crippen molar-refractivity contribution in [2.45, 2.75) is 77.4 Å². The highest BCUT2D eigenvalue weighted by atomic mass is 16.6. The number of carbonyl (C=O) groups excluding carboxylic acids is 1. The van der Waals surface area contributed by atoms with Crippen molar-refractivity contribution >= 4 is 12.1 Å². The third-order valence-corrected chi connectivity index (χ3v) is 5.07. The lowest BCUT2D eigenvalue weighted by atomic mass is 10.1. The first kappa shape index (κ1) is 22.8. The molecule has 1 amide bonds. The van der Waals surface area contributed by atoms with Crippen molar-refractivity contribution in [3.63, 3.8) is 0 Å². The van der Waals surface area contributed by atoms with Crippen molar-refractivity contribution in [3.8, 4) is 0 Å². The van der Waals surface area contributed by atoms with Gasteiger partial charge in [0.1, 0.15) is 5.60 Å². The van der Waals surface area contributed by atoms with Crippen LogP contribution in [0.1, 0.15) is 65.7 Å². The van der Waals surface area contributed by atoms with Crippen LogP contribution < -0.4 is 10.6 Å². The van der Waals surface area contributed by atoms with Crippen molar-refractivity contribution in [2.24, 2.45) is 10.9 Å². The lowest BCUT2D eigenvalue weighted by Gasteiger charge is -2.34. The Hall–Kier alpha value is -1.50. The second-order valence-electron chi connectivity index (χ2n) is 8.90. The monoisotopic (exact) mass is 396 g/mol. The lowest BCUT2D eigenvalue weighted by molar-refractivity contribution is 0.0170. The van der Waals surface area contributed by atoms with Gasteiger partial charge in [-0.3, -0.25) is 4.99 Å². The first-order chi connectivity index (χ1) is 13.4. The van der Waals surface area contributed by atoms with E-state index in [0.29, 0.717) is 19.3 Å². The summed E-state index contributed by atoms with van der Waals surface area (Å²) in [6.45, 7) is 9.79. The van der Waals surface area contributed by atoms with Crippen LogP contribution in [-0.2, 0) is 9.47 Å². The lowest BCUT2D eigenvalue weighted by Crippen LogP contribution is -2.47. The maximum atomic E-state index is 11.6. The Labute approximate surface area is 170 Å². The van der Waals surface area contributed by atoms with Gasteiger partial charge < -0.3 is 25.0 Å². The number of ether oxygens (including phenoxy) is 2. The number of piperidine rings is 1. The number of alkyl carbamates (subject to hydrolysis) is 1. The van der Waals surface area contributed by atoms with Gasteiger partial charge in [0.25, 0.3) is 0 Å². The standard InChI is InChI=1S/C21H40N4O3/c1-21(2,3)28-20(26)24-13-6-16-27-18-10-14-25(15-11-18)19(22-4)23-12-5-7-17-8-9-17/h17-18H,5-16H2,1-4H3,(H,22,23)(H,24,26). The molecule has 0 radical (unpaired) electrons. The third-order valence-electron chi connectivity index (χ3n) is 5.07. The highest BCUT2D eigenvalue weighted by Crippen LogP contribution is 2.33. The van der Waals surface area contributed by atoms with E-state index >= 15 is 0 Å². The molecule has 162 valence electrons. The molecular formula is C21H40N4O3. The predicted octanol–water partition coefficient (Wildman–Crippen LogP) is 3.15. The minimum Gasteiger partial charge on any atom is -0.444 e. The summed E-state index contributed by atoms with van der Waals surface area (Å²) in [6.07, 6.45) is 8.21. The average molecular weight is 397 g/mol. The number of likely N-dealkylation sites (tertiary alicyclic amines) is 1. The molecule has 1 saturated heterocycles. The minimum atomic E-state index is -0.457. The van der Waals surface area contributed by atoms with Gasteiger partial charge >= 0.3 is 6.09 Å². The zero-order chi connectivity index (χ0) is 20.4. The fraction of sp³-hybridized carbons (Fsp3) is 0.905. The number of hydrogen-bond acceptors (Lipinski definition) is 4. The number of amides is 1. The van der Waals surface area contributed by atoms with E-state index in [4.69, 9.17) is 9.47 Å². The minimum absolute atomic E-state index is 0.297. The highest BCUT2D eigenvalue weighted by molar-refractivity contribution is 5.79. The summed E-state index contributed by atoms with van der Waals surface area (Å²) in [5, 5.41) is 6.27. The Morgan fingerprint density at radius 2 is 1.75 bits per heavy atom. The number of nitrogens with one attached hydrogen (secondary N) is 2. The van der Waals surface area contributed by atoms with E-state index in [1.54, 1.807) is 0 Å². The first-order valence-electron chi connectivity index (χ1n) is 10.9. The van der Waals surface area contributed by atoms with Gasteiger partial charge in [-0.2, -0.15) is 0 Å². The Bertz CT molecular complexity index is 492. The van der Waals surface area contributed by atoms with Gasteiger partial charge in [0.05, 0.1) is 6.10 Å². The number of guanidine groups is 1. The van der Waals surface area contributed by atoms with E-state index in [1.165, 1.54) is 25.7 Å². The SMILES string of the molecule is CN=C(NCCCC1CC1)N1CCC(OCCCNC(=O)OC(C)(C)C)CC1. The summed E-state index contributed by atoms with van der Waals surface area (Å²) >= 11 is 0. The number of aliphatic imine (C=N–C) groups is 1. The zero-order valence-corrected chi connectivity index (χ0v) is 18.3. The normalized spacial score (nSPS) is 18.9. The molecular weight excluding hydrogens is 356 g/mol. The maximum absolute atomic E-state index is 11.6. The fourth-order valence-corrected chi connectivity index (χ4v) is 3.39. The van der Waals surface area contributed by atoms with Gasteiger partial charge in [-0.1, -0.05) is 12.8 Å². The van der Waals surface area contributed by atoms with Crippen molar-refractivity contribution in [3.05, 3.63) is 0 Å². The van der Waals surface area contributed by atoms with Crippen LogP contribution in [0.25, 0.3) is 0 Å². The highest BCUT2D eigenvalue weighted by Gasteiger charge is 2.23. The van der Waals surface area contributed by atoms with Crippen LogP contribution in [0, 0.1) is 5.92 Å². The van der Waals surface area contributed by atoms with Gasteiger partial charge in [0, 0.05) is 39.8 Å². The number of hydrogen-bond donors (Lipinski definition) is 2. The van der Waals surface area contributed by atoms with Crippen molar-refractivity contribution in [2.75, 3.05) is 39.8 Å². The Balaban J connectivity index is 1.50. The summed E-state index contributed by atoms with van der Waals surface area (Å²) in [5.74, 6) is 2.02. The van der Waals surface area contributed by atoms with Crippen LogP contribution >= 0.6 is 0 Å². The largest absolute Gasteiger partial charge is 0.444 e. The maximum Gasteiger partial charge on any atom is 0.407 e. The Morgan fingerprint density at radius 3 is 2.36 bits per heavy atom. The molecule has 0 aromatic heterocycles. The molecule has 1 saturated carbocycles. The molecule has 0 unspecified atom stereocenters. The van der Waals surface area contributed by atoms with E-state index in [0.717, 1.165) is 50.8 Å². The fourth-order valence-electron chi connectivity index (χ4n) is 3.39. The van der Waals surface area contributed by atoms with E-state index in [2.05, 4.69) is 20.5 Å². The summed E-state index contributed by atoms with van der Waals surface area (Å²) in [6, 6.07) is 0.